The zero-order valence-electron chi connectivity index (χ0n) is 19.2. The highest BCUT2D eigenvalue weighted by molar-refractivity contribution is 6.00. The van der Waals surface area contributed by atoms with Gasteiger partial charge in [-0.15, -0.1) is 0 Å². The van der Waals surface area contributed by atoms with Gasteiger partial charge in [-0.25, -0.2) is 4.79 Å². The van der Waals surface area contributed by atoms with E-state index in [0.717, 1.165) is 10.9 Å². The number of H-pyrrole nitrogens is 1. The van der Waals surface area contributed by atoms with E-state index in [1.54, 1.807) is 4.90 Å². The largest absolute Gasteiger partial charge is 0.448 e. The third-order valence-electron chi connectivity index (χ3n) is 7.17. The minimum atomic E-state index is -0.316. The Labute approximate surface area is 203 Å². The molecule has 0 atom stereocenters. The number of fused-ring (bicyclic) bond motifs is 4. The van der Waals surface area contributed by atoms with E-state index < -0.39 is 0 Å². The number of anilines is 1. The molecule has 2 amide bonds. The molecular weight excluding hydrogens is 440 g/mol. The van der Waals surface area contributed by atoms with Gasteiger partial charge in [-0.1, -0.05) is 60.7 Å². The summed E-state index contributed by atoms with van der Waals surface area (Å²) in [5, 5.41) is 11.0. The maximum absolute atomic E-state index is 12.8. The Hall–Kier alpha value is -4.13. The van der Waals surface area contributed by atoms with E-state index in [0.29, 0.717) is 38.4 Å². The molecule has 176 valence electrons. The summed E-state index contributed by atoms with van der Waals surface area (Å²) < 4.78 is 5.78. The van der Waals surface area contributed by atoms with Crippen molar-refractivity contribution in [1.82, 2.24) is 15.1 Å². The lowest BCUT2D eigenvalue weighted by Gasteiger charge is -2.30. The number of rotatable bonds is 4. The summed E-state index contributed by atoms with van der Waals surface area (Å²) in [7, 11) is 0. The highest BCUT2D eigenvalue weighted by atomic mass is 16.6. The monoisotopic (exact) mass is 466 g/mol. The second kappa shape index (κ2) is 8.91. The number of piperidine rings is 1. The average Bonchev–Trinajstić information content (AvgIpc) is 3.46. The van der Waals surface area contributed by atoms with Gasteiger partial charge in [0.1, 0.15) is 6.61 Å². The Bertz CT molecular complexity index is 1360. The standard InChI is InChI=1S/C28H26N4O3/c33-27(29-26-23-11-5-6-12-25(23)30-31-26)18-13-15-32(16-14-18)28(34)35-17-24-21-9-3-1-7-19(21)20-8-2-4-10-22(20)24/h1-12,18,24H,13-17H2,(H2,29,30,31,33). The van der Waals surface area contributed by atoms with Crippen LogP contribution in [0.2, 0.25) is 0 Å². The normalized spacial score (nSPS) is 15.6. The van der Waals surface area contributed by atoms with Crippen molar-refractivity contribution in [1.29, 1.82) is 0 Å². The molecule has 0 bridgehead atoms. The molecule has 6 rings (SSSR count). The molecule has 7 nitrogen and oxygen atoms in total. The van der Waals surface area contributed by atoms with Crippen LogP contribution in [0.1, 0.15) is 29.9 Å². The molecule has 35 heavy (non-hydrogen) atoms. The second-order valence-electron chi connectivity index (χ2n) is 9.17. The van der Waals surface area contributed by atoms with Crippen LogP contribution in [-0.4, -0.2) is 46.8 Å². The molecule has 4 aromatic rings. The molecule has 1 aromatic heterocycles. The van der Waals surface area contributed by atoms with Gasteiger partial charge < -0.3 is 15.0 Å². The van der Waals surface area contributed by atoms with Gasteiger partial charge >= 0.3 is 6.09 Å². The van der Waals surface area contributed by atoms with Gasteiger partial charge in [0, 0.05) is 30.3 Å². The number of carbonyl (C=O) groups is 2. The average molecular weight is 467 g/mol. The van der Waals surface area contributed by atoms with Crippen molar-refractivity contribution in [2.24, 2.45) is 5.92 Å². The van der Waals surface area contributed by atoms with E-state index in [4.69, 9.17) is 4.74 Å². The number of para-hydroxylation sites is 1. The summed E-state index contributed by atoms with van der Waals surface area (Å²) in [6.07, 6.45) is 0.876. The molecular formula is C28H26N4O3. The maximum Gasteiger partial charge on any atom is 0.409 e. The number of aromatic amines is 1. The quantitative estimate of drug-likeness (QED) is 0.435. The number of amides is 2. The molecule has 0 spiro atoms. The van der Waals surface area contributed by atoms with E-state index in [9.17, 15) is 9.59 Å². The van der Waals surface area contributed by atoms with Crippen molar-refractivity contribution in [3.8, 4) is 11.1 Å². The summed E-state index contributed by atoms with van der Waals surface area (Å²) >= 11 is 0. The summed E-state index contributed by atoms with van der Waals surface area (Å²) in [5.41, 5.74) is 5.69. The van der Waals surface area contributed by atoms with E-state index in [2.05, 4.69) is 39.8 Å². The van der Waals surface area contributed by atoms with E-state index in [1.165, 1.54) is 22.3 Å². The van der Waals surface area contributed by atoms with Crippen LogP contribution in [0.15, 0.2) is 72.8 Å². The van der Waals surface area contributed by atoms with Gasteiger partial charge in [-0.3, -0.25) is 9.89 Å². The highest BCUT2D eigenvalue weighted by Crippen LogP contribution is 2.44. The second-order valence-corrected chi connectivity index (χ2v) is 9.17. The smallest absolute Gasteiger partial charge is 0.409 e. The van der Waals surface area contributed by atoms with E-state index in [1.807, 2.05) is 48.5 Å². The summed E-state index contributed by atoms with van der Waals surface area (Å²) in [4.78, 5) is 27.4. The fourth-order valence-corrected chi connectivity index (χ4v) is 5.29. The molecule has 1 fully saturated rings. The Balaban J connectivity index is 1.05. The lowest BCUT2D eigenvalue weighted by molar-refractivity contribution is -0.121. The van der Waals surface area contributed by atoms with Crippen LogP contribution in [0, 0.1) is 5.92 Å². The zero-order chi connectivity index (χ0) is 23.8. The van der Waals surface area contributed by atoms with Gasteiger partial charge in [-0.05, 0) is 47.2 Å². The molecule has 0 saturated carbocycles. The fraction of sp³-hybridized carbons (Fsp3) is 0.250. The topological polar surface area (TPSA) is 87.3 Å². The van der Waals surface area contributed by atoms with Crippen LogP contribution >= 0.6 is 0 Å². The van der Waals surface area contributed by atoms with E-state index >= 15 is 0 Å². The lowest BCUT2D eigenvalue weighted by Crippen LogP contribution is -2.42. The Kier molecular flexibility index (Phi) is 5.45. The first kappa shape index (κ1) is 21.4. The van der Waals surface area contributed by atoms with Crippen molar-refractivity contribution in [2.75, 3.05) is 25.0 Å². The number of benzene rings is 3. The SMILES string of the molecule is O=C(Nc1n[nH]c2ccccc12)C1CCN(C(=O)OCC2c3ccccc3-c3ccccc32)CC1. The third kappa shape index (κ3) is 3.93. The summed E-state index contributed by atoms with van der Waals surface area (Å²) in [6.45, 7) is 1.30. The predicted molar refractivity (Wildman–Crippen MR) is 134 cm³/mol. The van der Waals surface area contributed by atoms with Crippen LogP contribution in [0.4, 0.5) is 10.6 Å². The number of ether oxygens (including phenoxy) is 1. The van der Waals surface area contributed by atoms with Gasteiger partial charge in [0.15, 0.2) is 5.82 Å². The zero-order valence-corrected chi connectivity index (χ0v) is 19.2. The molecule has 2 aliphatic rings. The summed E-state index contributed by atoms with van der Waals surface area (Å²) in [6, 6.07) is 24.3. The first-order valence-corrected chi connectivity index (χ1v) is 12.0. The first-order chi connectivity index (χ1) is 17.2. The number of hydrogen-bond donors (Lipinski definition) is 2. The molecule has 1 aliphatic carbocycles. The summed E-state index contributed by atoms with van der Waals surface area (Å²) in [5.74, 6) is 0.362. The molecule has 1 aliphatic heterocycles. The minimum absolute atomic E-state index is 0.0401. The number of nitrogens with zero attached hydrogens (tertiary/aromatic N) is 2. The highest BCUT2D eigenvalue weighted by Gasteiger charge is 2.32. The number of hydrogen-bond acceptors (Lipinski definition) is 4. The maximum atomic E-state index is 12.8. The first-order valence-electron chi connectivity index (χ1n) is 12.0. The number of carbonyl (C=O) groups excluding carboxylic acids is 2. The molecule has 2 heterocycles. The Morgan fingerprint density at radius 2 is 1.54 bits per heavy atom. The molecule has 0 unspecified atom stereocenters. The number of likely N-dealkylation sites (tertiary alicyclic amines) is 1. The lowest BCUT2D eigenvalue weighted by atomic mass is 9.96. The van der Waals surface area contributed by atoms with Crippen LogP contribution in [0.5, 0.6) is 0 Å². The van der Waals surface area contributed by atoms with Gasteiger partial charge in [0.2, 0.25) is 5.91 Å². The van der Waals surface area contributed by atoms with Gasteiger partial charge in [0.25, 0.3) is 0 Å². The predicted octanol–water partition coefficient (Wildman–Crippen LogP) is 5.16. The van der Waals surface area contributed by atoms with Crippen molar-refractivity contribution in [2.45, 2.75) is 18.8 Å². The van der Waals surface area contributed by atoms with Gasteiger partial charge in [-0.2, -0.15) is 5.10 Å². The number of aromatic nitrogens is 2. The minimum Gasteiger partial charge on any atom is -0.448 e. The molecule has 7 heteroatoms. The van der Waals surface area contributed by atoms with Crippen molar-refractivity contribution >= 4 is 28.7 Å². The fourth-order valence-electron chi connectivity index (χ4n) is 5.29. The number of nitrogens with one attached hydrogen (secondary N) is 2. The van der Waals surface area contributed by atoms with Crippen molar-refractivity contribution in [3.63, 3.8) is 0 Å². The Morgan fingerprint density at radius 1 is 0.914 bits per heavy atom. The molecule has 1 saturated heterocycles. The Morgan fingerprint density at radius 3 is 2.26 bits per heavy atom. The van der Waals surface area contributed by atoms with Crippen molar-refractivity contribution in [3.05, 3.63) is 83.9 Å². The van der Waals surface area contributed by atoms with Gasteiger partial charge in [0.05, 0.1) is 5.52 Å². The van der Waals surface area contributed by atoms with Crippen LogP contribution in [0.25, 0.3) is 22.0 Å². The van der Waals surface area contributed by atoms with Crippen LogP contribution in [0.3, 0.4) is 0 Å². The third-order valence-corrected chi connectivity index (χ3v) is 7.17. The molecule has 3 aromatic carbocycles. The van der Waals surface area contributed by atoms with Crippen LogP contribution in [-0.2, 0) is 9.53 Å². The molecule has 2 N–H and O–H groups in total. The van der Waals surface area contributed by atoms with E-state index in [-0.39, 0.29) is 23.8 Å². The van der Waals surface area contributed by atoms with Crippen molar-refractivity contribution < 1.29 is 14.3 Å². The molecule has 0 radical (unpaired) electrons. The van der Waals surface area contributed by atoms with Crippen LogP contribution < -0.4 is 5.32 Å².